The van der Waals surface area contributed by atoms with Crippen LogP contribution in [-0.2, 0) is 0 Å². The molecule has 0 aliphatic carbocycles. The molecule has 15 rings (SSSR count). The van der Waals surface area contributed by atoms with Gasteiger partial charge in [-0.1, -0.05) is 170 Å². The molecule has 4 aromatic heterocycles. The molecule has 4 heteroatoms. The van der Waals surface area contributed by atoms with Gasteiger partial charge in [0.1, 0.15) is 22.3 Å². The molecule has 11 aromatic carbocycles. The van der Waals surface area contributed by atoms with Crippen LogP contribution in [-0.4, -0.2) is 4.40 Å². The standard InChI is InChI=1S/C68H42N2O2/c1-2-14-45(15-3-1)67-59-23-5-9-25-62(59)70-61-24-8-4-20-54(61)53-35-32-49(40-60(53)68(67)70)44-30-28-43(29-31-44)46-16-12-17-47(38-46)48-18-13-19-50(39-48)69(51-33-36-57-55-21-6-10-26-63(55)71-65(57)41-51)52-34-37-58-56-22-7-11-27-64(56)72-66(58)42-52/h1-42H. The van der Waals surface area contributed by atoms with Gasteiger partial charge in [0.25, 0.3) is 0 Å². The zero-order valence-corrected chi connectivity index (χ0v) is 39.0. The van der Waals surface area contributed by atoms with Crippen LogP contribution in [0.5, 0.6) is 0 Å². The number of benzene rings is 11. The number of furan rings is 2. The Morgan fingerprint density at radius 3 is 1.35 bits per heavy atom. The van der Waals surface area contributed by atoms with Crippen LogP contribution in [0.4, 0.5) is 17.1 Å². The highest BCUT2D eigenvalue weighted by atomic mass is 16.3. The summed E-state index contributed by atoms with van der Waals surface area (Å²) in [6, 6.07) is 91.8. The van der Waals surface area contributed by atoms with Crippen molar-refractivity contribution >= 4 is 99.0 Å². The lowest BCUT2D eigenvalue weighted by Crippen LogP contribution is -2.09. The Kier molecular flexibility index (Phi) is 8.92. The topological polar surface area (TPSA) is 33.9 Å². The van der Waals surface area contributed by atoms with Gasteiger partial charge < -0.3 is 18.1 Å². The molecule has 0 saturated carbocycles. The predicted molar refractivity (Wildman–Crippen MR) is 301 cm³/mol. The van der Waals surface area contributed by atoms with Crippen molar-refractivity contribution in [2.45, 2.75) is 0 Å². The van der Waals surface area contributed by atoms with Crippen molar-refractivity contribution in [2.75, 3.05) is 4.90 Å². The minimum absolute atomic E-state index is 0.844. The van der Waals surface area contributed by atoms with Crippen LogP contribution in [0, 0.1) is 0 Å². The van der Waals surface area contributed by atoms with Gasteiger partial charge in [0.15, 0.2) is 0 Å². The second-order valence-electron chi connectivity index (χ2n) is 18.8. The van der Waals surface area contributed by atoms with Crippen molar-refractivity contribution < 1.29 is 8.83 Å². The Bertz CT molecular complexity index is 4520. The van der Waals surface area contributed by atoms with Gasteiger partial charge in [-0.2, -0.15) is 0 Å². The van der Waals surface area contributed by atoms with Crippen molar-refractivity contribution in [2.24, 2.45) is 0 Å². The highest BCUT2D eigenvalue weighted by Gasteiger charge is 2.21. The molecule has 72 heavy (non-hydrogen) atoms. The van der Waals surface area contributed by atoms with Crippen LogP contribution in [0.1, 0.15) is 0 Å². The maximum atomic E-state index is 6.44. The van der Waals surface area contributed by atoms with Crippen molar-refractivity contribution in [3.63, 3.8) is 0 Å². The summed E-state index contributed by atoms with van der Waals surface area (Å²) in [5, 5.41) is 9.40. The molecule has 336 valence electrons. The summed E-state index contributed by atoms with van der Waals surface area (Å²) < 4.78 is 15.3. The van der Waals surface area contributed by atoms with E-state index in [0.717, 1.165) is 83.2 Å². The number of rotatable bonds is 7. The smallest absolute Gasteiger partial charge is 0.137 e. The fourth-order valence-corrected chi connectivity index (χ4v) is 11.4. The third kappa shape index (κ3) is 6.33. The fraction of sp³-hybridized carbons (Fsp3) is 0. The molecule has 4 heterocycles. The summed E-state index contributed by atoms with van der Waals surface area (Å²) in [6.45, 7) is 0. The van der Waals surface area contributed by atoms with E-state index >= 15 is 0 Å². The lowest BCUT2D eigenvalue weighted by molar-refractivity contribution is 0.669. The molecule has 0 N–H and O–H groups in total. The van der Waals surface area contributed by atoms with E-state index in [2.05, 4.69) is 240 Å². The average Bonchev–Trinajstić information content (AvgIpc) is 4.13. The van der Waals surface area contributed by atoms with Crippen LogP contribution in [0.25, 0.3) is 126 Å². The number of hydrogen-bond donors (Lipinski definition) is 0. The van der Waals surface area contributed by atoms with E-state index in [1.54, 1.807) is 0 Å². The van der Waals surface area contributed by atoms with Crippen molar-refractivity contribution in [1.82, 2.24) is 4.40 Å². The molecule has 0 unspecified atom stereocenters. The second kappa shape index (κ2) is 16.0. The van der Waals surface area contributed by atoms with Gasteiger partial charge in [0.2, 0.25) is 0 Å². The minimum Gasteiger partial charge on any atom is -0.456 e. The van der Waals surface area contributed by atoms with Gasteiger partial charge in [-0.25, -0.2) is 0 Å². The fourth-order valence-electron chi connectivity index (χ4n) is 11.4. The summed E-state index contributed by atoms with van der Waals surface area (Å²) in [6.07, 6.45) is 0. The Labute approximate surface area is 414 Å². The van der Waals surface area contributed by atoms with E-state index in [9.17, 15) is 0 Å². The maximum Gasteiger partial charge on any atom is 0.137 e. The first-order valence-electron chi connectivity index (χ1n) is 24.6. The number of nitrogens with zero attached hydrogens (tertiary/aromatic N) is 2. The van der Waals surface area contributed by atoms with E-state index in [1.807, 2.05) is 24.3 Å². The van der Waals surface area contributed by atoms with Crippen molar-refractivity contribution in [3.05, 3.63) is 255 Å². The Balaban J connectivity index is 0.809. The van der Waals surface area contributed by atoms with Gasteiger partial charge in [0.05, 0.1) is 16.6 Å². The monoisotopic (exact) mass is 918 g/mol. The van der Waals surface area contributed by atoms with Gasteiger partial charge >= 0.3 is 0 Å². The SMILES string of the molecule is c1ccc(-c2c3ccccc3n3c4ccccc4c4ccc(-c5ccc(-c6cccc(-c7cccc(N(c8ccc9c(c8)oc8ccccc89)c8ccc9c(c8)oc8ccccc89)c7)c6)cc5)cc4c23)cc1. The van der Waals surface area contributed by atoms with Crippen molar-refractivity contribution in [3.8, 4) is 44.5 Å². The highest BCUT2D eigenvalue weighted by Crippen LogP contribution is 2.45. The van der Waals surface area contributed by atoms with Crippen molar-refractivity contribution in [1.29, 1.82) is 0 Å². The maximum absolute atomic E-state index is 6.44. The van der Waals surface area contributed by atoms with Crippen LogP contribution >= 0.6 is 0 Å². The quantitative estimate of drug-likeness (QED) is 0.149. The number of pyridine rings is 1. The Hall–Kier alpha value is -9.64. The summed E-state index contributed by atoms with van der Waals surface area (Å²) in [7, 11) is 0. The molecule has 0 saturated heterocycles. The van der Waals surface area contributed by atoms with E-state index in [-0.39, 0.29) is 0 Å². The third-order valence-corrected chi connectivity index (χ3v) is 14.7. The zero-order valence-electron chi connectivity index (χ0n) is 39.0. The third-order valence-electron chi connectivity index (χ3n) is 14.7. The molecular formula is C68H42N2O2. The van der Waals surface area contributed by atoms with E-state index < -0.39 is 0 Å². The predicted octanol–water partition coefficient (Wildman–Crippen LogP) is 19.3. The molecule has 0 atom stereocenters. The largest absolute Gasteiger partial charge is 0.456 e. The number of para-hydroxylation sites is 4. The molecule has 4 nitrogen and oxygen atoms in total. The van der Waals surface area contributed by atoms with E-state index in [4.69, 9.17) is 8.83 Å². The molecule has 0 fully saturated rings. The number of fused-ring (bicyclic) bond motifs is 14. The second-order valence-corrected chi connectivity index (χ2v) is 18.8. The van der Waals surface area contributed by atoms with Gasteiger partial charge in [-0.3, -0.25) is 0 Å². The Morgan fingerprint density at radius 1 is 0.250 bits per heavy atom. The zero-order chi connectivity index (χ0) is 47.3. The number of anilines is 3. The first kappa shape index (κ1) is 40.3. The molecule has 0 bridgehead atoms. The summed E-state index contributed by atoms with van der Waals surface area (Å²) in [4.78, 5) is 2.30. The molecule has 0 aliphatic rings. The van der Waals surface area contributed by atoms with E-state index in [0.29, 0.717) is 0 Å². The number of hydrogen-bond acceptors (Lipinski definition) is 3. The molecule has 0 spiro atoms. The first-order valence-corrected chi connectivity index (χ1v) is 24.6. The Morgan fingerprint density at radius 2 is 0.694 bits per heavy atom. The summed E-state index contributed by atoms with van der Waals surface area (Å²) in [5.41, 5.74) is 19.5. The van der Waals surface area contributed by atoms with E-state index in [1.165, 1.54) is 60.3 Å². The molecule has 0 radical (unpaired) electrons. The minimum atomic E-state index is 0.844. The average molecular weight is 919 g/mol. The molecule has 0 amide bonds. The lowest BCUT2D eigenvalue weighted by Gasteiger charge is -2.26. The van der Waals surface area contributed by atoms with Crippen LogP contribution in [0.15, 0.2) is 264 Å². The molecule has 15 aromatic rings. The normalized spacial score (nSPS) is 11.9. The van der Waals surface area contributed by atoms with Gasteiger partial charge in [-0.05, 0) is 117 Å². The van der Waals surface area contributed by atoms with Crippen LogP contribution in [0.3, 0.4) is 0 Å². The molecule has 0 aliphatic heterocycles. The highest BCUT2D eigenvalue weighted by molar-refractivity contribution is 6.22. The van der Waals surface area contributed by atoms with Crippen LogP contribution < -0.4 is 4.90 Å². The van der Waals surface area contributed by atoms with Crippen LogP contribution in [0.2, 0.25) is 0 Å². The number of aromatic nitrogens is 1. The summed E-state index contributed by atoms with van der Waals surface area (Å²) in [5.74, 6) is 0. The summed E-state index contributed by atoms with van der Waals surface area (Å²) >= 11 is 0. The van der Waals surface area contributed by atoms with Gasteiger partial charge in [0, 0.05) is 72.5 Å². The lowest BCUT2D eigenvalue weighted by atomic mass is 9.94. The first-order chi connectivity index (χ1) is 35.7. The van der Waals surface area contributed by atoms with Gasteiger partial charge in [-0.15, -0.1) is 0 Å². The molecular weight excluding hydrogens is 877 g/mol.